The van der Waals surface area contributed by atoms with Gasteiger partial charge in [0.2, 0.25) is 0 Å². The molecule has 0 spiro atoms. The van der Waals surface area contributed by atoms with Crippen LogP contribution in [0.25, 0.3) is 21.5 Å². The summed E-state index contributed by atoms with van der Waals surface area (Å²) in [7, 11) is 3.30. The van der Waals surface area contributed by atoms with Crippen LogP contribution in [0.5, 0.6) is 5.75 Å². The number of rotatable bonds is 4. The summed E-state index contributed by atoms with van der Waals surface area (Å²) in [5, 5.41) is 8.38. The standard InChI is InChI=1S/C20H15ClFN3O2S/c1-25-20-13(18(24-25)12-5-3-4-6-15(12)22)10-17(28-20)19(26)23-11-7-8-16(27-2)14(21)9-11/h3-10H,1-2H3,(H,23,26). The first-order valence-corrected chi connectivity index (χ1v) is 9.53. The Kier molecular flexibility index (Phi) is 4.78. The van der Waals surface area contributed by atoms with Crippen LogP contribution in [0, 0.1) is 5.82 Å². The van der Waals surface area contributed by atoms with Crippen molar-refractivity contribution in [2.24, 2.45) is 7.05 Å². The Hall–Kier alpha value is -2.90. The Bertz CT molecular complexity index is 1200. The number of carbonyl (C=O) groups is 1. The van der Waals surface area contributed by atoms with Gasteiger partial charge in [-0.15, -0.1) is 11.3 Å². The number of hydrogen-bond acceptors (Lipinski definition) is 4. The van der Waals surface area contributed by atoms with Crippen LogP contribution in [0.3, 0.4) is 0 Å². The zero-order chi connectivity index (χ0) is 19.8. The average Bonchev–Trinajstić information content (AvgIpc) is 3.23. The summed E-state index contributed by atoms with van der Waals surface area (Å²) in [6.45, 7) is 0. The number of thiophene rings is 1. The number of amides is 1. The first-order chi connectivity index (χ1) is 13.5. The Morgan fingerprint density at radius 1 is 1.25 bits per heavy atom. The van der Waals surface area contributed by atoms with Gasteiger partial charge in [-0.25, -0.2) is 4.39 Å². The van der Waals surface area contributed by atoms with E-state index in [-0.39, 0.29) is 11.7 Å². The van der Waals surface area contributed by atoms with Crippen molar-refractivity contribution in [3.8, 4) is 17.0 Å². The van der Waals surface area contributed by atoms with Crippen LogP contribution in [0.1, 0.15) is 9.67 Å². The Balaban J connectivity index is 1.68. The maximum Gasteiger partial charge on any atom is 0.265 e. The second-order valence-corrected chi connectivity index (χ2v) is 7.52. The van der Waals surface area contributed by atoms with E-state index in [9.17, 15) is 9.18 Å². The molecule has 8 heteroatoms. The lowest BCUT2D eigenvalue weighted by Gasteiger charge is -2.07. The van der Waals surface area contributed by atoms with Crippen molar-refractivity contribution in [2.45, 2.75) is 0 Å². The van der Waals surface area contributed by atoms with Gasteiger partial charge < -0.3 is 10.1 Å². The van der Waals surface area contributed by atoms with Crippen LogP contribution in [0.4, 0.5) is 10.1 Å². The van der Waals surface area contributed by atoms with Gasteiger partial charge in [0.05, 0.1) is 17.0 Å². The van der Waals surface area contributed by atoms with Gasteiger partial charge in [0, 0.05) is 23.7 Å². The number of anilines is 1. The predicted octanol–water partition coefficient (Wildman–Crippen LogP) is 5.36. The summed E-state index contributed by atoms with van der Waals surface area (Å²) in [6.07, 6.45) is 0. The van der Waals surface area contributed by atoms with E-state index in [0.29, 0.717) is 32.6 Å². The molecule has 0 unspecified atom stereocenters. The van der Waals surface area contributed by atoms with Crippen molar-refractivity contribution in [3.63, 3.8) is 0 Å². The number of benzene rings is 2. The number of aromatic nitrogens is 2. The predicted molar refractivity (Wildman–Crippen MR) is 110 cm³/mol. The minimum absolute atomic E-state index is 0.276. The van der Waals surface area contributed by atoms with E-state index in [1.807, 2.05) is 0 Å². The van der Waals surface area contributed by atoms with Crippen molar-refractivity contribution in [3.05, 3.63) is 64.2 Å². The van der Waals surface area contributed by atoms with Crippen molar-refractivity contribution >= 4 is 44.7 Å². The number of ether oxygens (including phenoxy) is 1. The fraction of sp³-hybridized carbons (Fsp3) is 0.100. The lowest BCUT2D eigenvalue weighted by Crippen LogP contribution is -2.10. The molecule has 28 heavy (non-hydrogen) atoms. The summed E-state index contributed by atoms with van der Waals surface area (Å²) < 4.78 is 21.0. The molecule has 2 heterocycles. The Morgan fingerprint density at radius 3 is 2.75 bits per heavy atom. The third-order valence-corrected chi connectivity index (χ3v) is 5.77. The molecule has 1 N–H and O–H groups in total. The number of carbonyl (C=O) groups excluding carboxylic acids is 1. The smallest absolute Gasteiger partial charge is 0.265 e. The molecule has 2 aromatic carbocycles. The highest BCUT2D eigenvalue weighted by Gasteiger charge is 2.19. The molecule has 1 amide bonds. The molecular weight excluding hydrogens is 401 g/mol. The normalized spacial score (nSPS) is 11.0. The molecule has 2 aromatic heterocycles. The molecule has 0 aliphatic heterocycles. The van der Waals surface area contributed by atoms with E-state index < -0.39 is 0 Å². The molecule has 4 aromatic rings. The van der Waals surface area contributed by atoms with E-state index in [2.05, 4.69) is 10.4 Å². The van der Waals surface area contributed by atoms with Crippen molar-refractivity contribution in [1.82, 2.24) is 9.78 Å². The number of nitrogens with zero attached hydrogens (tertiary/aromatic N) is 2. The monoisotopic (exact) mass is 415 g/mol. The molecule has 0 bridgehead atoms. The van der Waals surface area contributed by atoms with Gasteiger partial charge in [-0.2, -0.15) is 5.10 Å². The van der Waals surface area contributed by atoms with Crippen molar-refractivity contribution < 1.29 is 13.9 Å². The van der Waals surface area contributed by atoms with Gasteiger partial charge >= 0.3 is 0 Å². The third kappa shape index (κ3) is 3.23. The molecule has 0 fully saturated rings. The van der Waals surface area contributed by atoms with Crippen LogP contribution < -0.4 is 10.1 Å². The molecular formula is C20H15ClFN3O2S. The molecule has 0 radical (unpaired) electrons. The minimum Gasteiger partial charge on any atom is -0.495 e. The zero-order valence-electron chi connectivity index (χ0n) is 15.0. The molecule has 0 saturated carbocycles. The molecule has 5 nitrogen and oxygen atoms in total. The lowest BCUT2D eigenvalue weighted by molar-refractivity contribution is 0.103. The average molecular weight is 416 g/mol. The number of nitrogens with one attached hydrogen (secondary N) is 1. The highest BCUT2D eigenvalue weighted by molar-refractivity contribution is 7.20. The van der Waals surface area contributed by atoms with E-state index in [1.165, 1.54) is 24.5 Å². The summed E-state index contributed by atoms with van der Waals surface area (Å²) in [6, 6.07) is 13.2. The summed E-state index contributed by atoms with van der Waals surface area (Å²) >= 11 is 7.40. The van der Waals surface area contributed by atoms with Crippen molar-refractivity contribution in [2.75, 3.05) is 12.4 Å². The SMILES string of the molecule is COc1ccc(NC(=O)c2cc3c(-c4ccccc4F)nn(C)c3s2)cc1Cl. The van der Waals surface area contributed by atoms with Gasteiger partial charge in [0.25, 0.3) is 5.91 Å². The van der Waals surface area contributed by atoms with Crippen LogP contribution >= 0.6 is 22.9 Å². The topological polar surface area (TPSA) is 56.1 Å². The molecule has 0 aliphatic carbocycles. The molecule has 4 rings (SSSR count). The van der Waals surface area contributed by atoms with Crippen molar-refractivity contribution in [1.29, 1.82) is 0 Å². The maximum atomic E-state index is 14.2. The summed E-state index contributed by atoms with van der Waals surface area (Å²) in [5.74, 6) is -0.100. The Labute approximate surface area is 169 Å². The highest BCUT2D eigenvalue weighted by atomic mass is 35.5. The van der Waals surface area contributed by atoms with Gasteiger partial charge in [-0.1, -0.05) is 23.7 Å². The minimum atomic E-state index is -0.354. The van der Waals surface area contributed by atoms with Gasteiger partial charge in [0.1, 0.15) is 22.1 Å². The Morgan fingerprint density at radius 2 is 2.04 bits per heavy atom. The number of aryl methyl sites for hydroxylation is 1. The maximum absolute atomic E-state index is 14.2. The second kappa shape index (κ2) is 7.26. The fourth-order valence-electron chi connectivity index (χ4n) is 2.94. The van der Waals surface area contributed by atoms with Gasteiger partial charge in [-0.3, -0.25) is 9.48 Å². The number of hydrogen-bond donors (Lipinski definition) is 1. The highest BCUT2D eigenvalue weighted by Crippen LogP contribution is 2.35. The zero-order valence-corrected chi connectivity index (χ0v) is 16.6. The van der Waals surface area contributed by atoms with Crippen LogP contribution in [0.2, 0.25) is 5.02 Å². The number of methoxy groups -OCH3 is 1. The second-order valence-electron chi connectivity index (χ2n) is 6.08. The lowest BCUT2D eigenvalue weighted by atomic mass is 10.1. The van der Waals surface area contributed by atoms with E-state index in [0.717, 1.165) is 10.2 Å². The largest absolute Gasteiger partial charge is 0.495 e. The van der Waals surface area contributed by atoms with Crippen LogP contribution in [-0.4, -0.2) is 22.8 Å². The first-order valence-electron chi connectivity index (χ1n) is 8.34. The summed E-state index contributed by atoms with van der Waals surface area (Å²) in [5.41, 5.74) is 1.47. The molecule has 0 saturated heterocycles. The van der Waals surface area contributed by atoms with E-state index in [4.69, 9.17) is 16.3 Å². The van der Waals surface area contributed by atoms with E-state index in [1.54, 1.807) is 54.2 Å². The van der Waals surface area contributed by atoms with Gasteiger partial charge in [-0.05, 0) is 36.4 Å². The fourth-order valence-corrected chi connectivity index (χ4v) is 4.17. The first kappa shape index (κ1) is 18.5. The van der Waals surface area contributed by atoms with Crippen LogP contribution in [-0.2, 0) is 7.05 Å². The van der Waals surface area contributed by atoms with E-state index >= 15 is 0 Å². The quantitative estimate of drug-likeness (QED) is 0.488. The van der Waals surface area contributed by atoms with Crippen LogP contribution in [0.15, 0.2) is 48.5 Å². The number of halogens is 2. The number of fused-ring (bicyclic) bond motifs is 1. The summed E-state index contributed by atoms with van der Waals surface area (Å²) in [4.78, 5) is 14.0. The molecule has 142 valence electrons. The van der Waals surface area contributed by atoms with Gasteiger partial charge in [0.15, 0.2) is 0 Å². The molecule has 0 aliphatic rings. The third-order valence-electron chi connectivity index (χ3n) is 4.27. The molecule has 0 atom stereocenters.